The molecule has 1 saturated heterocycles. The molecule has 5 heteroatoms. The number of para-hydroxylation sites is 1. The SMILES string of the molecule is O=C1NCCN(c2ccccc2Cl)C1=O. The maximum absolute atomic E-state index is 11.5. The molecule has 1 N–H and O–H groups in total. The molecule has 2 amide bonds. The fraction of sp³-hybridized carbons (Fsp3) is 0.200. The first-order chi connectivity index (χ1) is 7.20. The van der Waals surface area contributed by atoms with E-state index in [0.717, 1.165) is 0 Å². The highest BCUT2D eigenvalue weighted by molar-refractivity contribution is 6.42. The van der Waals surface area contributed by atoms with Gasteiger partial charge in [-0.2, -0.15) is 0 Å². The smallest absolute Gasteiger partial charge is 0.316 e. The van der Waals surface area contributed by atoms with E-state index in [2.05, 4.69) is 5.32 Å². The number of amides is 2. The molecule has 0 radical (unpaired) electrons. The van der Waals surface area contributed by atoms with Crippen LogP contribution in [0.2, 0.25) is 5.02 Å². The Morgan fingerprint density at radius 3 is 2.73 bits per heavy atom. The number of hydrogen-bond donors (Lipinski definition) is 1. The minimum atomic E-state index is -0.582. The van der Waals surface area contributed by atoms with E-state index < -0.39 is 11.8 Å². The van der Waals surface area contributed by atoms with Crippen molar-refractivity contribution in [3.8, 4) is 0 Å². The third-order valence-corrected chi connectivity index (χ3v) is 2.52. The molecule has 0 bridgehead atoms. The lowest BCUT2D eigenvalue weighted by Gasteiger charge is -2.27. The first-order valence-corrected chi connectivity index (χ1v) is 4.92. The van der Waals surface area contributed by atoms with Gasteiger partial charge >= 0.3 is 11.8 Å². The van der Waals surface area contributed by atoms with E-state index in [1.807, 2.05) is 0 Å². The molecule has 0 aliphatic carbocycles. The molecule has 1 fully saturated rings. The van der Waals surface area contributed by atoms with Crippen molar-refractivity contribution in [3.63, 3.8) is 0 Å². The number of rotatable bonds is 1. The summed E-state index contributed by atoms with van der Waals surface area (Å²) in [6, 6.07) is 6.97. The molecule has 0 saturated carbocycles. The van der Waals surface area contributed by atoms with Crippen molar-refractivity contribution in [1.29, 1.82) is 0 Å². The summed E-state index contributed by atoms with van der Waals surface area (Å²) in [5, 5.41) is 2.95. The number of carbonyl (C=O) groups excluding carboxylic acids is 2. The summed E-state index contributed by atoms with van der Waals surface area (Å²) in [5.41, 5.74) is 0.582. The Balaban J connectivity index is 2.34. The van der Waals surface area contributed by atoms with Gasteiger partial charge in [0.15, 0.2) is 0 Å². The van der Waals surface area contributed by atoms with E-state index in [1.54, 1.807) is 24.3 Å². The van der Waals surface area contributed by atoms with Crippen LogP contribution in [0, 0.1) is 0 Å². The van der Waals surface area contributed by atoms with Gasteiger partial charge in [0.1, 0.15) is 0 Å². The molecule has 1 heterocycles. The average molecular weight is 225 g/mol. The summed E-state index contributed by atoms with van der Waals surface area (Å²) in [7, 11) is 0. The maximum Gasteiger partial charge on any atom is 0.316 e. The molecule has 2 rings (SSSR count). The van der Waals surface area contributed by atoms with Crippen LogP contribution in [-0.4, -0.2) is 24.9 Å². The lowest BCUT2D eigenvalue weighted by atomic mass is 10.2. The molecule has 1 aliphatic rings. The Bertz CT molecular complexity index is 420. The van der Waals surface area contributed by atoms with Crippen LogP contribution >= 0.6 is 11.6 Å². The largest absolute Gasteiger partial charge is 0.346 e. The topological polar surface area (TPSA) is 49.4 Å². The van der Waals surface area contributed by atoms with Crippen LogP contribution in [0.4, 0.5) is 5.69 Å². The number of halogens is 1. The van der Waals surface area contributed by atoms with Crippen LogP contribution in [0.15, 0.2) is 24.3 Å². The molecule has 0 unspecified atom stereocenters. The van der Waals surface area contributed by atoms with E-state index in [-0.39, 0.29) is 0 Å². The number of anilines is 1. The Kier molecular flexibility index (Phi) is 2.60. The van der Waals surface area contributed by atoms with Crippen molar-refractivity contribution >= 4 is 29.1 Å². The van der Waals surface area contributed by atoms with Crippen molar-refractivity contribution in [2.24, 2.45) is 0 Å². The lowest BCUT2D eigenvalue weighted by Crippen LogP contribution is -2.52. The third kappa shape index (κ3) is 1.80. The fourth-order valence-electron chi connectivity index (χ4n) is 1.48. The second kappa shape index (κ2) is 3.90. The summed E-state index contributed by atoms with van der Waals surface area (Å²) in [6.07, 6.45) is 0. The van der Waals surface area contributed by atoms with Crippen LogP contribution in [-0.2, 0) is 9.59 Å². The van der Waals surface area contributed by atoms with Crippen LogP contribution in [0.25, 0.3) is 0 Å². The van der Waals surface area contributed by atoms with Crippen molar-refractivity contribution < 1.29 is 9.59 Å². The monoisotopic (exact) mass is 224 g/mol. The standard InChI is InChI=1S/C10H9ClN2O2/c11-7-3-1-2-4-8(7)13-6-5-12-9(14)10(13)15/h1-4H,5-6H2,(H,12,14). The molecular formula is C10H9ClN2O2. The molecular weight excluding hydrogens is 216 g/mol. The van der Waals surface area contributed by atoms with E-state index in [4.69, 9.17) is 11.6 Å². The summed E-state index contributed by atoms with van der Waals surface area (Å²) in [5.74, 6) is -1.14. The van der Waals surface area contributed by atoms with Crippen molar-refractivity contribution in [2.45, 2.75) is 0 Å². The minimum absolute atomic E-state index is 0.453. The molecule has 0 aromatic heterocycles. The summed E-state index contributed by atoms with van der Waals surface area (Å²) in [6.45, 7) is 0.907. The van der Waals surface area contributed by atoms with Gasteiger partial charge in [0.05, 0.1) is 10.7 Å². The number of nitrogens with one attached hydrogen (secondary N) is 1. The van der Waals surface area contributed by atoms with Gasteiger partial charge in [0, 0.05) is 13.1 Å². The van der Waals surface area contributed by atoms with E-state index in [1.165, 1.54) is 4.90 Å². The van der Waals surface area contributed by atoms with Gasteiger partial charge in [0.25, 0.3) is 0 Å². The highest BCUT2D eigenvalue weighted by Crippen LogP contribution is 2.25. The second-order valence-electron chi connectivity index (χ2n) is 3.16. The molecule has 78 valence electrons. The highest BCUT2D eigenvalue weighted by atomic mass is 35.5. The maximum atomic E-state index is 11.5. The van der Waals surface area contributed by atoms with Crippen molar-refractivity contribution in [1.82, 2.24) is 5.32 Å². The Labute approximate surface area is 91.8 Å². The molecule has 1 aromatic rings. The zero-order chi connectivity index (χ0) is 10.8. The van der Waals surface area contributed by atoms with E-state index in [9.17, 15) is 9.59 Å². The zero-order valence-corrected chi connectivity index (χ0v) is 8.62. The minimum Gasteiger partial charge on any atom is -0.346 e. The summed E-state index contributed by atoms with van der Waals surface area (Å²) < 4.78 is 0. The van der Waals surface area contributed by atoms with Crippen molar-refractivity contribution in [2.75, 3.05) is 18.0 Å². The molecule has 4 nitrogen and oxygen atoms in total. The van der Waals surface area contributed by atoms with E-state index in [0.29, 0.717) is 23.8 Å². The highest BCUT2D eigenvalue weighted by Gasteiger charge is 2.28. The molecule has 0 atom stereocenters. The van der Waals surface area contributed by atoms with Gasteiger partial charge in [-0.3, -0.25) is 9.59 Å². The second-order valence-corrected chi connectivity index (χ2v) is 3.57. The zero-order valence-electron chi connectivity index (χ0n) is 7.87. The normalized spacial score (nSPS) is 16.5. The van der Waals surface area contributed by atoms with Crippen LogP contribution in [0.1, 0.15) is 0 Å². The number of hydrogen-bond acceptors (Lipinski definition) is 2. The third-order valence-electron chi connectivity index (χ3n) is 2.20. The fourth-order valence-corrected chi connectivity index (χ4v) is 1.72. The predicted molar refractivity (Wildman–Crippen MR) is 56.8 cm³/mol. The molecule has 15 heavy (non-hydrogen) atoms. The number of carbonyl (C=O) groups is 2. The quantitative estimate of drug-likeness (QED) is 0.718. The Hall–Kier alpha value is -1.55. The van der Waals surface area contributed by atoms with Gasteiger partial charge in [0.2, 0.25) is 0 Å². The average Bonchev–Trinajstić information content (AvgIpc) is 2.23. The lowest BCUT2D eigenvalue weighted by molar-refractivity contribution is -0.138. The Morgan fingerprint density at radius 1 is 1.27 bits per heavy atom. The van der Waals surface area contributed by atoms with Gasteiger partial charge in [-0.25, -0.2) is 0 Å². The van der Waals surface area contributed by atoms with Crippen molar-refractivity contribution in [3.05, 3.63) is 29.3 Å². The van der Waals surface area contributed by atoms with Gasteiger partial charge in [-0.15, -0.1) is 0 Å². The number of benzene rings is 1. The van der Waals surface area contributed by atoms with Crippen LogP contribution < -0.4 is 10.2 Å². The first-order valence-electron chi connectivity index (χ1n) is 4.54. The predicted octanol–water partition coefficient (Wildman–Crippen LogP) is 0.803. The van der Waals surface area contributed by atoms with Gasteiger partial charge < -0.3 is 10.2 Å². The molecule has 1 aliphatic heterocycles. The summed E-state index contributed by atoms with van der Waals surface area (Å²) >= 11 is 5.95. The van der Waals surface area contributed by atoms with Gasteiger partial charge in [-0.1, -0.05) is 23.7 Å². The molecule has 1 aromatic carbocycles. The van der Waals surface area contributed by atoms with Crippen LogP contribution in [0.3, 0.4) is 0 Å². The number of piperazine rings is 1. The first kappa shape index (κ1) is 9.98. The van der Waals surface area contributed by atoms with E-state index >= 15 is 0 Å². The number of nitrogens with zero attached hydrogens (tertiary/aromatic N) is 1. The van der Waals surface area contributed by atoms with Crippen LogP contribution in [0.5, 0.6) is 0 Å². The molecule has 0 spiro atoms. The Morgan fingerprint density at radius 2 is 2.00 bits per heavy atom. The summed E-state index contributed by atoms with van der Waals surface area (Å²) in [4.78, 5) is 24.1. The van der Waals surface area contributed by atoms with Gasteiger partial charge in [-0.05, 0) is 12.1 Å².